The van der Waals surface area contributed by atoms with E-state index in [9.17, 15) is 4.79 Å². The molecule has 98 valence electrons. The lowest BCUT2D eigenvalue weighted by atomic mass is 10.1. The van der Waals surface area contributed by atoms with Gasteiger partial charge in [0.05, 0.1) is 23.7 Å². The van der Waals surface area contributed by atoms with Crippen LogP contribution in [0, 0.1) is 0 Å². The minimum atomic E-state index is -0.403. The van der Waals surface area contributed by atoms with Crippen LogP contribution in [0.25, 0.3) is 11.0 Å². The molecule has 0 spiro atoms. The van der Waals surface area contributed by atoms with Crippen LogP contribution in [0.15, 0.2) is 23.0 Å². The molecule has 5 nitrogen and oxygen atoms in total. The largest absolute Gasteiger partial charge is 0.394 e. The maximum atomic E-state index is 12.1. The monoisotopic (exact) mass is 249 g/mol. The Bertz CT molecular complexity index is 612. The third kappa shape index (κ3) is 1.85. The van der Waals surface area contributed by atoms with Crippen LogP contribution in [0.4, 0.5) is 0 Å². The minimum Gasteiger partial charge on any atom is -0.394 e. The molecular weight excluding hydrogens is 230 g/mol. The molecule has 1 aromatic carbocycles. The quantitative estimate of drug-likeness (QED) is 0.843. The van der Waals surface area contributed by atoms with Gasteiger partial charge in [0, 0.05) is 13.1 Å². The first-order chi connectivity index (χ1) is 8.63. The van der Waals surface area contributed by atoms with Crippen LogP contribution in [0.3, 0.4) is 0 Å². The zero-order valence-corrected chi connectivity index (χ0v) is 10.8. The average molecular weight is 249 g/mol. The van der Waals surface area contributed by atoms with Crippen molar-refractivity contribution in [3.63, 3.8) is 0 Å². The molecule has 0 saturated heterocycles. The molecule has 0 aliphatic carbocycles. The predicted molar refractivity (Wildman–Crippen MR) is 71.6 cm³/mol. The van der Waals surface area contributed by atoms with E-state index in [1.54, 1.807) is 9.13 Å². The minimum absolute atomic E-state index is 0.00437. The molecule has 5 heteroatoms. The first kappa shape index (κ1) is 12.9. The molecule has 0 amide bonds. The smallest absolute Gasteiger partial charge is 0.329 e. The predicted octanol–water partition coefficient (Wildman–Crippen LogP) is 0.835. The molecule has 0 aliphatic heterocycles. The van der Waals surface area contributed by atoms with Gasteiger partial charge in [0.15, 0.2) is 0 Å². The molecule has 0 unspecified atom stereocenters. The summed E-state index contributed by atoms with van der Waals surface area (Å²) < 4.78 is 3.47. The van der Waals surface area contributed by atoms with Crippen LogP contribution in [0.2, 0.25) is 0 Å². The second kappa shape index (κ2) is 4.96. The summed E-state index contributed by atoms with van der Waals surface area (Å²) in [6, 6.07) is 5.26. The molecule has 1 atom stereocenters. The number of hydrogen-bond donors (Lipinski definition) is 2. The van der Waals surface area contributed by atoms with Crippen molar-refractivity contribution in [3.05, 3.63) is 34.2 Å². The number of aromatic nitrogens is 2. The second-order valence-corrected chi connectivity index (χ2v) is 4.31. The number of nitrogens with zero attached hydrogens (tertiary/aromatic N) is 2. The van der Waals surface area contributed by atoms with Crippen molar-refractivity contribution in [1.82, 2.24) is 9.13 Å². The number of rotatable bonds is 4. The summed E-state index contributed by atoms with van der Waals surface area (Å²) in [4.78, 5) is 12.1. The lowest BCUT2D eigenvalue weighted by Crippen LogP contribution is -2.23. The molecule has 2 aromatic rings. The molecule has 1 heterocycles. The van der Waals surface area contributed by atoms with Crippen molar-refractivity contribution in [2.24, 2.45) is 5.73 Å². The van der Waals surface area contributed by atoms with E-state index in [1.165, 1.54) is 0 Å². The van der Waals surface area contributed by atoms with E-state index < -0.39 is 6.04 Å². The lowest BCUT2D eigenvalue weighted by molar-refractivity contribution is 0.268. The zero-order chi connectivity index (χ0) is 13.3. The van der Waals surface area contributed by atoms with Crippen molar-refractivity contribution in [2.45, 2.75) is 33.0 Å². The molecule has 0 bridgehead atoms. The third-order valence-corrected chi connectivity index (χ3v) is 3.30. The van der Waals surface area contributed by atoms with Gasteiger partial charge in [-0.05, 0) is 31.5 Å². The Balaban J connectivity index is 2.73. The number of hydrogen-bond acceptors (Lipinski definition) is 3. The van der Waals surface area contributed by atoms with Crippen LogP contribution in [0.5, 0.6) is 0 Å². The van der Waals surface area contributed by atoms with Crippen LogP contribution in [-0.2, 0) is 13.1 Å². The normalized spacial score (nSPS) is 13.1. The van der Waals surface area contributed by atoms with Gasteiger partial charge in [0.1, 0.15) is 0 Å². The number of nitrogens with two attached hydrogens (primary N) is 1. The van der Waals surface area contributed by atoms with Gasteiger partial charge < -0.3 is 10.8 Å². The molecule has 1 aromatic heterocycles. The fraction of sp³-hybridized carbons (Fsp3) is 0.462. The Morgan fingerprint density at radius 3 is 2.39 bits per heavy atom. The number of aliphatic hydroxyl groups is 1. The van der Waals surface area contributed by atoms with Gasteiger partial charge in [-0.2, -0.15) is 0 Å². The number of benzene rings is 1. The molecule has 3 N–H and O–H groups in total. The molecule has 0 fully saturated rings. The third-order valence-electron chi connectivity index (χ3n) is 3.30. The van der Waals surface area contributed by atoms with Crippen molar-refractivity contribution >= 4 is 11.0 Å². The lowest BCUT2D eigenvalue weighted by Gasteiger charge is -2.09. The number of fused-ring (bicyclic) bond motifs is 1. The van der Waals surface area contributed by atoms with E-state index in [-0.39, 0.29) is 12.3 Å². The molecule has 0 aliphatic rings. The molecule has 18 heavy (non-hydrogen) atoms. The molecule has 0 radical (unpaired) electrons. The fourth-order valence-corrected chi connectivity index (χ4v) is 2.28. The highest BCUT2D eigenvalue weighted by molar-refractivity contribution is 5.77. The Kier molecular flexibility index (Phi) is 3.54. The van der Waals surface area contributed by atoms with Crippen molar-refractivity contribution < 1.29 is 5.11 Å². The van der Waals surface area contributed by atoms with Gasteiger partial charge in [0.2, 0.25) is 0 Å². The van der Waals surface area contributed by atoms with Gasteiger partial charge >= 0.3 is 5.69 Å². The van der Waals surface area contributed by atoms with Crippen LogP contribution >= 0.6 is 0 Å². The summed E-state index contributed by atoms with van der Waals surface area (Å²) in [5, 5.41) is 9.09. The van der Waals surface area contributed by atoms with Crippen LogP contribution in [-0.4, -0.2) is 20.8 Å². The van der Waals surface area contributed by atoms with Gasteiger partial charge in [-0.25, -0.2) is 4.79 Å². The van der Waals surface area contributed by atoms with Gasteiger partial charge in [-0.15, -0.1) is 0 Å². The Morgan fingerprint density at radius 2 is 1.83 bits per heavy atom. The van der Waals surface area contributed by atoms with E-state index in [4.69, 9.17) is 10.8 Å². The SMILES string of the molecule is CCn1c(=O)n(CC)c2cc([C@@H](N)CO)ccc21. The van der Waals surface area contributed by atoms with E-state index >= 15 is 0 Å². The Morgan fingerprint density at radius 1 is 1.22 bits per heavy atom. The average Bonchev–Trinajstić information content (AvgIpc) is 2.67. The van der Waals surface area contributed by atoms with Crippen molar-refractivity contribution in [2.75, 3.05) is 6.61 Å². The first-order valence-electron chi connectivity index (χ1n) is 6.23. The number of aliphatic hydroxyl groups excluding tert-OH is 1. The highest BCUT2D eigenvalue weighted by Gasteiger charge is 2.13. The van der Waals surface area contributed by atoms with E-state index in [0.29, 0.717) is 13.1 Å². The summed E-state index contributed by atoms with van der Waals surface area (Å²) in [5.41, 5.74) is 8.46. The number of imidazole rings is 1. The summed E-state index contributed by atoms with van der Waals surface area (Å²) in [6.07, 6.45) is 0. The first-order valence-corrected chi connectivity index (χ1v) is 6.23. The summed E-state index contributed by atoms with van der Waals surface area (Å²) >= 11 is 0. The number of aryl methyl sites for hydroxylation is 2. The Labute approximate surface area is 105 Å². The standard InChI is InChI=1S/C13H19N3O2/c1-3-15-11-6-5-9(10(14)8-17)7-12(11)16(4-2)13(15)18/h5-7,10,17H,3-4,8,14H2,1-2H3/t10-/m0/s1. The highest BCUT2D eigenvalue weighted by atomic mass is 16.3. The van der Waals surface area contributed by atoms with Gasteiger partial charge in [-0.3, -0.25) is 9.13 Å². The maximum absolute atomic E-state index is 12.1. The molecule has 2 rings (SSSR count). The zero-order valence-electron chi connectivity index (χ0n) is 10.8. The summed E-state index contributed by atoms with van der Waals surface area (Å²) in [5.74, 6) is 0. The topological polar surface area (TPSA) is 73.2 Å². The highest BCUT2D eigenvalue weighted by Crippen LogP contribution is 2.19. The summed E-state index contributed by atoms with van der Waals surface area (Å²) in [6.45, 7) is 5.07. The van der Waals surface area contributed by atoms with E-state index in [1.807, 2.05) is 32.0 Å². The van der Waals surface area contributed by atoms with Crippen molar-refractivity contribution in [1.29, 1.82) is 0 Å². The van der Waals surface area contributed by atoms with Gasteiger partial charge in [-0.1, -0.05) is 6.07 Å². The second-order valence-electron chi connectivity index (χ2n) is 4.31. The van der Waals surface area contributed by atoms with E-state index in [2.05, 4.69) is 0 Å². The Hall–Kier alpha value is -1.59. The van der Waals surface area contributed by atoms with Crippen molar-refractivity contribution in [3.8, 4) is 0 Å². The summed E-state index contributed by atoms with van der Waals surface area (Å²) in [7, 11) is 0. The molecular formula is C13H19N3O2. The maximum Gasteiger partial charge on any atom is 0.329 e. The van der Waals surface area contributed by atoms with Gasteiger partial charge in [0.25, 0.3) is 0 Å². The fourth-order valence-electron chi connectivity index (χ4n) is 2.28. The van der Waals surface area contributed by atoms with E-state index in [0.717, 1.165) is 16.6 Å². The van der Waals surface area contributed by atoms with Crippen LogP contribution in [0.1, 0.15) is 25.5 Å². The molecule has 0 saturated carbocycles. The van der Waals surface area contributed by atoms with Crippen LogP contribution < -0.4 is 11.4 Å².